The molecule has 2 atom stereocenters. The fraction of sp³-hybridized carbons (Fsp3) is 0.947. The van der Waals surface area contributed by atoms with E-state index in [1.807, 2.05) is 0 Å². The molecule has 1 heteroatoms. The Labute approximate surface area is 127 Å². The third kappa shape index (κ3) is 5.58. The molecule has 20 heavy (non-hydrogen) atoms. The summed E-state index contributed by atoms with van der Waals surface area (Å²) < 4.78 is 0. The van der Waals surface area contributed by atoms with Crippen LogP contribution in [0.3, 0.4) is 0 Å². The van der Waals surface area contributed by atoms with E-state index in [0.29, 0.717) is 17.6 Å². The average molecular weight is 283 g/mol. The van der Waals surface area contributed by atoms with E-state index in [1.54, 1.807) is 0 Å². The molecule has 0 saturated heterocycles. The van der Waals surface area contributed by atoms with Gasteiger partial charge in [-0.2, -0.15) is 0 Å². The third-order valence-corrected chi connectivity index (χ3v) is 4.42. The predicted octanol–water partition coefficient (Wildman–Crippen LogP) is 6.26. The number of hydrogen-bond donors (Lipinski definition) is 0. The first-order valence-electron chi connectivity index (χ1n) is 8.66. The first-order valence-corrected chi connectivity index (χ1v) is 8.66. The van der Waals surface area contributed by atoms with Crippen molar-refractivity contribution < 1.29 is 4.79 Å². The Hall–Kier alpha value is -0.330. The maximum atomic E-state index is 13.3. The van der Waals surface area contributed by atoms with E-state index in [1.165, 1.54) is 0 Å². The maximum absolute atomic E-state index is 13.3. The first kappa shape index (κ1) is 19.7. The van der Waals surface area contributed by atoms with Crippen molar-refractivity contribution in [3.8, 4) is 0 Å². The highest BCUT2D eigenvalue weighted by Crippen LogP contribution is 2.44. The largest absolute Gasteiger partial charge is 0.298 e. The molecule has 0 aromatic rings. The van der Waals surface area contributed by atoms with Crippen LogP contribution in [0.15, 0.2) is 0 Å². The van der Waals surface area contributed by atoms with Gasteiger partial charge in [-0.25, -0.2) is 0 Å². The molecule has 0 aliphatic carbocycles. The number of rotatable bonds is 10. The van der Waals surface area contributed by atoms with Crippen LogP contribution in [-0.4, -0.2) is 5.78 Å². The molecule has 0 N–H and O–H groups in total. The van der Waals surface area contributed by atoms with E-state index in [0.717, 1.165) is 38.5 Å². The van der Waals surface area contributed by atoms with Crippen molar-refractivity contribution in [2.24, 2.45) is 22.7 Å². The van der Waals surface area contributed by atoms with Crippen LogP contribution in [-0.2, 0) is 4.79 Å². The molecule has 1 nitrogen and oxygen atoms in total. The molecule has 0 heterocycles. The highest BCUT2D eigenvalue weighted by molar-refractivity contribution is 5.89. The van der Waals surface area contributed by atoms with Crippen LogP contribution < -0.4 is 0 Å². The molecule has 0 bridgehead atoms. The van der Waals surface area contributed by atoms with Crippen molar-refractivity contribution in [3.05, 3.63) is 0 Å². The summed E-state index contributed by atoms with van der Waals surface area (Å²) in [6.07, 6.45) is 6.30. The van der Waals surface area contributed by atoms with Crippen molar-refractivity contribution in [1.82, 2.24) is 0 Å². The normalized spacial score (nSPS) is 18.1. The second kappa shape index (κ2) is 8.20. The van der Waals surface area contributed by atoms with Crippen LogP contribution in [0.2, 0.25) is 0 Å². The van der Waals surface area contributed by atoms with Crippen LogP contribution in [0.1, 0.15) is 93.9 Å². The summed E-state index contributed by atoms with van der Waals surface area (Å²) in [6, 6.07) is 0. The summed E-state index contributed by atoms with van der Waals surface area (Å²) in [7, 11) is 0. The third-order valence-electron chi connectivity index (χ3n) is 4.42. The molecule has 0 radical (unpaired) electrons. The summed E-state index contributed by atoms with van der Waals surface area (Å²) in [4.78, 5) is 13.3. The van der Waals surface area contributed by atoms with Gasteiger partial charge < -0.3 is 0 Å². The number of hydrogen-bond acceptors (Lipinski definition) is 1. The monoisotopic (exact) mass is 282 g/mol. The second-order valence-corrected chi connectivity index (χ2v) is 8.15. The van der Waals surface area contributed by atoms with Gasteiger partial charge in [-0.1, -0.05) is 68.2 Å². The van der Waals surface area contributed by atoms with Crippen molar-refractivity contribution in [2.75, 3.05) is 0 Å². The van der Waals surface area contributed by atoms with Crippen molar-refractivity contribution in [2.45, 2.75) is 93.9 Å². The van der Waals surface area contributed by atoms with Crippen LogP contribution in [0, 0.1) is 22.7 Å². The van der Waals surface area contributed by atoms with Gasteiger partial charge in [-0.05, 0) is 37.5 Å². The highest BCUT2D eigenvalue weighted by Gasteiger charge is 2.43. The van der Waals surface area contributed by atoms with E-state index in [9.17, 15) is 4.79 Å². The van der Waals surface area contributed by atoms with Gasteiger partial charge >= 0.3 is 0 Å². The van der Waals surface area contributed by atoms with Gasteiger partial charge in [-0.3, -0.25) is 4.79 Å². The Kier molecular flexibility index (Phi) is 8.06. The molecule has 0 rings (SSSR count). The van der Waals surface area contributed by atoms with Gasteiger partial charge in [0.25, 0.3) is 0 Å². The minimum Gasteiger partial charge on any atom is -0.298 e. The highest BCUT2D eigenvalue weighted by atomic mass is 16.1. The molecular weight excluding hydrogens is 244 g/mol. The standard InChI is InChI=1S/C19H38O/c1-9-11-18(7,13-15(3)4)17(20)19(8,12-10-2)14-16(5)6/h15-16H,9-14H2,1-8H3. The van der Waals surface area contributed by atoms with E-state index < -0.39 is 0 Å². The molecule has 2 unspecified atom stereocenters. The minimum atomic E-state index is -0.137. The number of carbonyl (C=O) groups is 1. The van der Waals surface area contributed by atoms with Crippen LogP contribution >= 0.6 is 0 Å². The van der Waals surface area contributed by atoms with E-state index in [-0.39, 0.29) is 10.8 Å². The molecule has 120 valence electrons. The lowest BCUT2D eigenvalue weighted by Gasteiger charge is -2.40. The quantitative estimate of drug-likeness (QED) is 0.462. The van der Waals surface area contributed by atoms with Crippen molar-refractivity contribution >= 4 is 5.78 Å². The lowest BCUT2D eigenvalue weighted by molar-refractivity contribution is -0.140. The lowest BCUT2D eigenvalue weighted by atomic mass is 9.62. The molecule has 0 spiro atoms. The Morgan fingerprint density at radius 3 is 1.30 bits per heavy atom. The molecule has 0 amide bonds. The van der Waals surface area contributed by atoms with Gasteiger partial charge in [0.2, 0.25) is 0 Å². The van der Waals surface area contributed by atoms with Gasteiger partial charge in [0.1, 0.15) is 5.78 Å². The molecular formula is C19H38O. The predicted molar refractivity (Wildman–Crippen MR) is 89.9 cm³/mol. The average Bonchev–Trinajstić information content (AvgIpc) is 2.26. The minimum absolute atomic E-state index is 0.137. The Bertz CT molecular complexity index is 264. The zero-order valence-corrected chi connectivity index (χ0v) is 15.3. The fourth-order valence-electron chi connectivity index (χ4n) is 4.25. The summed E-state index contributed by atoms with van der Waals surface area (Å²) in [5.41, 5.74) is -0.274. The number of ketones is 1. The maximum Gasteiger partial charge on any atom is 0.144 e. The van der Waals surface area contributed by atoms with Crippen molar-refractivity contribution in [1.29, 1.82) is 0 Å². The first-order chi connectivity index (χ1) is 9.11. The SMILES string of the molecule is CCCC(C)(CC(C)C)C(=O)C(C)(CCC)CC(C)C. The van der Waals surface area contributed by atoms with Crippen molar-refractivity contribution in [3.63, 3.8) is 0 Å². The van der Waals surface area contributed by atoms with Gasteiger partial charge in [-0.15, -0.1) is 0 Å². The van der Waals surface area contributed by atoms with Crippen LogP contribution in [0.4, 0.5) is 0 Å². The lowest BCUT2D eigenvalue weighted by Crippen LogP contribution is -2.42. The molecule has 0 fully saturated rings. The zero-order valence-electron chi connectivity index (χ0n) is 15.3. The van der Waals surface area contributed by atoms with Gasteiger partial charge in [0, 0.05) is 10.8 Å². The van der Waals surface area contributed by atoms with Gasteiger partial charge in [0.15, 0.2) is 0 Å². The van der Waals surface area contributed by atoms with Crippen LogP contribution in [0.25, 0.3) is 0 Å². The summed E-state index contributed by atoms with van der Waals surface area (Å²) in [5.74, 6) is 1.69. The summed E-state index contributed by atoms with van der Waals surface area (Å²) >= 11 is 0. The molecule has 0 aromatic heterocycles. The summed E-state index contributed by atoms with van der Waals surface area (Å²) in [5, 5.41) is 0. The van der Waals surface area contributed by atoms with E-state index in [4.69, 9.17) is 0 Å². The fourth-order valence-corrected chi connectivity index (χ4v) is 4.25. The second-order valence-electron chi connectivity index (χ2n) is 8.15. The Balaban J connectivity index is 5.34. The molecule has 0 aliphatic heterocycles. The number of Topliss-reactive ketones (excluding diaryl/α,β-unsaturated/α-hetero) is 1. The van der Waals surface area contributed by atoms with Gasteiger partial charge in [0.05, 0.1) is 0 Å². The number of carbonyl (C=O) groups excluding carboxylic acids is 1. The Morgan fingerprint density at radius 1 is 0.800 bits per heavy atom. The molecule has 0 aliphatic rings. The molecule has 0 saturated carbocycles. The zero-order chi connectivity index (χ0) is 16.0. The topological polar surface area (TPSA) is 17.1 Å². The molecule has 0 aromatic carbocycles. The Morgan fingerprint density at radius 2 is 1.10 bits per heavy atom. The van der Waals surface area contributed by atoms with E-state index >= 15 is 0 Å². The smallest absolute Gasteiger partial charge is 0.144 e. The van der Waals surface area contributed by atoms with E-state index in [2.05, 4.69) is 55.4 Å². The summed E-state index contributed by atoms with van der Waals surface area (Å²) in [6.45, 7) is 17.8. The van der Waals surface area contributed by atoms with Crippen LogP contribution in [0.5, 0.6) is 0 Å².